The normalized spacial score (nSPS) is 11.5. The second kappa shape index (κ2) is 7.29. The van der Waals surface area contributed by atoms with Crippen molar-refractivity contribution in [1.82, 2.24) is 0 Å². The lowest BCUT2D eigenvalue weighted by molar-refractivity contribution is -0.111. The second-order valence-electron chi connectivity index (χ2n) is 5.12. The molecule has 24 heavy (non-hydrogen) atoms. The van der Waals surface area contributed by atoms with E-state index in [1.165, 1.54) is 18.2 Å². The number of aryl methyl sites for hydroxylation is 1. The van der Waals surface area contributed by atoms with E-state index in [1.807, 2.05) is 12.1 Å². The summed E-state index contributed by atoms with van der Waals surface area (Å²) in [6.45, 7) is 1.76. The summed E-state index contributed by atoms with van der Waals surface area (Å²) in [5.41, 5.74) is 1.96. The first-order valence-electron chi connectivity index (χ1n) is 7.06. The monoisotopic (exact) mass is 346 g/mol. The quantitative estimate of drug-likeness (QED) is 0.812. The largest absolute Gasteiger partial charge is 0.497 e. The van der Waals surface area contributed by atoms with E-state index in [9.17, 15) is 13.2 Å². The summed E-state index contributed by atoms with van der Waals surface area (Å²) in [6, 6.07) is 11.5. The number of hydrogen-bond donors (Lipinski definition) is 2. The number of ether oxygens (including phenoxy) is 1. The summed E-state index contributed by atoms with van der Waals surface area (Å²) in [6.07, 6.45) is 3.01. The van der Waals surface area contributed by atoms with E-state index in [0.29, 0.717) is 5.69 Å². The third-order valence-corrected chi connectivity index (χ3v) is 4.25. The molecule has 0 heterocycles. The predicted octanol–water partition coefficient (Wildman–Crippen LogP) is 2.30. The van der Waals surface area contributed by atoms with Gasteiger partial charge in [0.05, 0.1) is 12.0 Å². The van der Waals surface area contributed by atoms with Crippen LogP contribution in [0.4, 0.5) is 5.69 Å². The Morgan fingerprint density at radius 2 is 1.83 bits per heavy atom. The van der Waals surface area contributed by atoms with Gasteiger partial charge in [-0.25, -0.2) is 13.6 Å². The molecule has 7 heteroatoms. The van der Waals surface area contributed by atoms with Crippen molar-refractivity contribution in [2.75, 3.05) is 12.4 Å². The van der Waals surface area contributed by atoms with E-state index in [-0.39, 0.29) is 10.8 Å². The molecule has 2 aromatic rings. The van der Waals surface area contributed by atoms with Gasteiger partial charge in [-0.1, -0.05) is 18.2 Å². The first-order chi connectivity index (χ1) is 11.3. The van der Waals surface area contributed by atoms with E-state index in [0.717, 1.165) is 16.9 Å². The van der Waals surface area contributed by atoms with E-state index < -0.39 is 10.0 Å². The third-order valence-electron chi connectivity index (χ3n) is 3.34. The molecule has 0 aromatic heterocycles. The zero-order valence-corrected chi connectivity index (χ0v) is 14.1. The van der Waals surface area contributed by atoms with Gasteiger partial charge in [0.1, 0.15) is 5.75 Å². The molecule has 0 fully saturated rings. The molecule has 3 N–H and O–H groups in total. The number of primary sulfonamides is 1. The molecule has 0 saturated heterocycles. The molecule has 0 saturated carbocycles. The molecule has 0 aliphatic rings. The molecular weight excluding hydrogens is 328 g/mol. The van der Waals surface area contributed by atoms with Crippen molar-refractivity contribution in [3.8, 4) is 5.75 Å². The van der Waals surface area contributed by atoms with Gasteiger partial charge < -0.3 is 10.1 Å². The Bertz CT molecular complexity index is 872. The second-order valence-corrected chi connectivity index (χ2v) is 6.68. The average molecular weight is 346 g/mol. The zero-order chi connectivity index (χ0) is 17.7. The molecule has 0 bridgehead atoms. The number of amides is 1. The van der Waals surface area contributed by atoms with Gasteiger partial charge >= 0.3 is 0 Å². The van der Waals surface area contributed by atoms with Gasteiger partial charge in [0, 0.05) is 11.8 Å². The number of methoxy groups -OCH3 is 1. The van der Waals surface area contributed by atoms with Crippen LogP contribution in [0, 0.1) is 6.92 Å². The van der Waals surface area contributed by atoms with Crippen molar-refractivity contribution in [3.63, 3.8) is 0 Å². The van der Waals surface area contributed by atoms with Crippen molar-refractivity contribution in [3.05, 3.63) is 59.7 Å². The highest BCUT2D eigenvalue weighted by molar-refractivity contribution is 7.89. The van der Waals surface area contributed by atoms with E-state index >= 15 is 0 Å². The predicted molar refractivity (Wildman–Crippen MR) is 93.2 cm³/mol. The fourth-order valence-corrected chi connectivity index (χ4v) is 2.51. The number of benzene rings is 2. The topological polar surface area (TPSA) is 98.5 Å². The van der Waals surface area contributed by atoms with Crippen molar-refractivity contribution in [2.24, 2.45) is 5.14 Å². The first kappa shape index (κ1) is 17.7. The van der Waals surface area contributed by atoms with Gasteiger partial charge in [-0.2, -0.15) is 0 Å². The summed E-state index contributed by atoms with van der Waals surface area (Å²) in [5.74, 6) is 0.354. The molecular formula is C17H18N2O4S. The summed E-state index contributed by atoms with van der Waals surface area (Å²) in [7, 11) is -2.24. The minimum absolute atomic E-state index is 0.0532. The van der Waals surface area contributed by atoms with Gasteiger partial charge in [0.25, 0.3) is 0 Å². The highest BCUT2D eigenvalue weighted by Crippen LogP contribution is 2.19. The van der Waals surface area contributed by atoms with Crippen LogP contribution in [-0.2, 0) is 14.8 Å². The maximum Gasteiger partial charge on any atom is 0.248 e. The standard InChI is InChI=1S/C17H18N2O4S/c1-12-3-9-15(24(18,21)22)11-16(12)19-17(20)10-6-13-4-7-14(23-2)8-5-13/h3-11H,1-2H3,(H,19,20)(H2,18,21,22)/b10-6-. The summed E-state index contributed by atoms with van der Waals surface area (Å²) < 4.78 is 27.8. The van der Waals surface area contributed by atoms with Crippen molar-refractivity contribution in [1.29, 1.82) is 0 Å². The van der Waals surface area contributed by atoms with Gasteiger partial charge in [-0.05, 0) is 48.4 Å². The van der Waals surface area contributed by atoms with Crippen molar-refractivity contribution < 1.29 is 17.9 Å². The summed E-state index contributed by atoms with van der Waals surface area (Å²) in [5, 5.41) is 7.75. The highest BCUT2D eigenvalue weighted by Gasteiger charge is 2.10. The molecule has 0 aliphatic carbocycles. The average Bonchev–Trinajstić information content (AvgIpc) is 2.54. The van der Waals surface area contributed by atoms with Crippen molar-refractivity contribution >= 4 is 27.7 Å². The molecule has 0 aliphatic heterocycles. The maximum absolute atomic E-state index is 12.0. The lowest BCUT2D eigenvalue weighted by atomic mass is 10.2. The molecule has 1 amide bonds. The molecule has 0 unspecified atom stereocenters. The minimum atomic E-state index is -3.82. The number of rotatable bonds is 5. The molecule has 2 rings (SSSR count). The van der Waals surface area contributed by atoms with Crippen LogP contribution in [0.25, 0.3) is 6.08 Å². The lowest BCUT2D eigenvalue weighted by Crippen LogP contribution is -2.14. The molecule has 0 atom stereocenters. The number of hydrogen-bond acceptors (Lipinski definition) is 4. The smallest absolute Gasteiger partial charge is 0.248 e. The molecule has 0 radical (unpaired) electrons. The third kappa shape index (κ3) is 4.68. The highest BCUT2D eigenvalue weighted by atomic mass is 32.2. The lowest BCUT2D eigenvalue weighted by Gasteiger charge is -2.08. The van der Waals surface area contributed by atoms with Gasteiger partial charge in [-0.3, -0.25) is 4.79 Å². The summed E-state index contributed by atoms with van der Waals surface area (Å²) in [4.78, 5) is 12.0. The maximum atomic E-state index is 12.0. The van der Waals surface area contributed by atoms with Crippen LogP contribution < -0.4 is 15.2 Å². The number of sulfonamides is 1. The van der Waals surface area contributed by atoms with Crippen LogP contribution >= 0.6 is 0 Å². The Kier molecular flexibility index (Phi) is 5.38. The van der Waals surface area contributed by atoms with Crippen LogP contribution in [0.1, 0.15) is 11.1 Å². The minimum Gasteiger partial charge on any atom is -0.497 e. The molecule has 2 aromatic carbocycles. The van der Waals surface area contributed by atoms with E-state index in [4.69, 9.17) is 9.88 Å². The van der Waals surface area contributed by atoms with Crippen LogP contribution in [0.15, 0.2) is 53.4 Å². The first-order valence-corrected chi connectivity index (χ1v) is 8.61. The molecule has 126 valence electrons. The Balaban J connectivity index is 2.13. The Hall–Kier alpha value is -2.64. The van der Waals surface area contributed by atoms with Gasteiger partial charge in [-0.15, -0.1) is 0 Å². The number of carbonyl (C=O) groups excluding carboxylic acids is 1. The zero-order valence-electron chi connectivity index (χ0n) is 13.3. The Labute approximate surface area is 141 Å². The van der Waals surface area contributed by atoms with Crippen LogP contribution in [0.2, 0.25) is 0 Å². The molecule has 6 nitrogen and oxygen atoms in total. The van der Waals surface area contributed by atoms with E-state index in [2.05, 4.69) is 5.32 Å². The molecule has 0 spiro atoms. The number of anilines is 1. The fourth-order valence-electron chi connectivity index (χ4n) is 1.97. The van der Waals surface area contributed by atoms with Crippen molar-refractivity contribution in [2.45, 2.75) is 11.8 Å². The number of carbonyl (C=O) groups is 1. The number of nitrogens with one attached hydrogen (secondary N) is 1. The van der Waals surface area contributed by atoms with Gasteiger partial charge in [0.15, 0.2) is 0 Å². The Morgan fingerprint density at radius 3 is 2.42 bits per heavy atom. The summed E-state index contributed by atoms with van der Waals surface area (Å²) >= 11 is 0. The SMILES string of the molecule is COc1ccc(/C=C\C(=O)Nc2cc(S(N)(=O)=O)ccc2C)cc1. The Morgan fingerprint density at radius 1 is 1.17 bits per heavy atom. The van der Waals surface area contributed by atoms with Crippen LogP contribution in [0.3, 0.4) is 0 Å². The number of nitrogens with two attached hydrogens (primary N) is 1. The van der Waals surface area contributed by atoms with E-state index in [1.54, 1.807) is 38.3 Å². The van der Waals surface area contributed by atoms with Crippen LogP contribution in [0.5, 0.6) is 5.75 Å². The van der Waals surface area contributed by atoms with Gasteiger partial charge in [0.2, 0.25) is 15.9 Å². The fraction of sp³-hybridized carbons (Fsp3) is 0.118. The van der Waals surface area contributed by atoms with Crippen LogP contribution in [-0.4, -0.2) is 21.4 Å².